The van der Waals surface area contributed by atoms with E-state index in [1.165, 1.54) is 19.4 Å². The second kappa shape index (κ2) is 8.35. The molecule has 1 aromatic heterocycles. The first kappa shape index (κ1) is 16.2. The molecule has 1 N–H and O–H groups in total. The first-order valence-corrected chi connectivity index (χ1v) is 8.20. The van der Waals surface area contributed by atoms with E-state index in [1.54, 1.807) is 0 Å². The molecule has 2 heterocycles. The zero-order chi connectivity index (χ0) is 15.1. The van der Waals surface area contributed by atoms with Crippen molar-refractivity contribution in [1.29, 1.82) is 0 Å². The molecule has 0 saturated carbocycles. The molecule has 1 aliphatic heterocycles. The number of aryl methyl sites for hydroxylation is 1. The van der Waals surface area contributed by atoms with Gasteiger partial charge in [-0.25, -0.2) is 0 Å². The summed E-state index contributed by atoms with van der Waals surface area (Å²) in [6, 6.07) is 2.75. The summed E-state index contributed by atoms with van der Waals surface area (Å²) in [7, 11) is 2.22. The van der Waals surface area contributed by atoms with E-state index in [0.717, 1.165) is 49.5 Å². The largest absolute Gasteiger partial charge is 0.493 e. The van der Waals surface area contributed by atoms with Crippen molar-refractivity contribution in [3.63, 3.8) is 0 Å². The molecule has 0 radical (unpaired) electrons. The van der Waals surface area contributed by atoms with Gasteiger partial charge < -0.3 is 15.0 Å². The van der Waals surface area contributed by atoms with Crippen LogP contribution in [0.25, 0.3) is 0 Å². The summed E-state index contributed by atoms with van der Waals surface area (Å²) in [6.45, 7) is 8.07. The lowest BCUT2D eigenvalue weighted by Gasteiger charge is -2.20. The number of hydrogen-bond donors (Lipinski definition) is 1. The highest BCUT2D eigenvalue weighted by Crippen LogP contribution is 2.21. The third-order valence-corrected chi connectivity index (χ3v) is 4.20. The zero-order valence-electron chi connectivity index (χ0n) is 13.7. The van der Waals surface area contributed by atoms with Crippen molar-refractivity contribution in [3.05, 3.63) is 23.5 Å². The molecule has 4 heteroatoms. The van der Waals surface area contributed by atoms with E-state index in [-0.39, 0.29) is 0 Å². The number of ether oxygens (including phenoxy) is 1. The minimum Gasteiger partial charge on any atom is -0.493 e. The standard InChI is InChI=1S/C17H29N3O/c1-4-8-18-12-15-13-19-14(2)11-17(15)21-10-7-16-6-5-9-20(16)3/h11,13,16,18H,4-10,12H2,1-3H3. The van der Waals surface area contributed by atoms with Gasteiger partial charge in [0, 0.05) is 36.1 Å². The van der Waals surface area contributed by atoms with Crippen LogP contribution in [0.5, 0.6) is 5.75 Å². The molecule has 1 fully saturated rings. The molecule has 0 spiro atoms. The lowest BCUT2D eigenvalue weighted by Crippen LogP contribution is -2.26. The molecule has 1 saturated heterocycles. The van der Waals surface area contributed by atoms with Crippen LogP contribution in [0, 0.1) is 6.92 Å². The van der Waals surface area contributed by atoms with Gasteiger partial charge in [0.1, 0.15) is 5.75 Å². The molecule has 21 heavy (non-hydrogen) atoms. The van der Waals surface area contributed by atoms with Crippen molar-refractivity contribution in [2.24, 2.45) is 0 Å². The van der Waals surface area contributed by atoms with Crippen molar-refractivity contribution < 1.29 is 4.74 Å². The molecule has 118 valence electrons. The number of nitrogens with zero attached hydrogens (tertiary/aromatic N) is 2. The van der Waals surface area contributed by atoms with E-state index in [9.17, 15) is 0 Å². The van der Waals surface area contributed by atoms with Crippen LogP contribution < -0.4 is 10.1 Å². The summed E-state index contributed by atoms with van der Waals surface area (Å²) in [4.78, 5) is 6.84. The maximum Gasteiger partial charge on any atom is 0.127 e. The quantitative estimate of drug-likeness (QED) is 0.747. The van der Waals surface area contributed by atoms with Crippen LogP contribution in [0.3, 0.4) is 0 Å². The highest BCUT2D eigenvalue weighted by Gasteiger charge is 2.20. The number of rotatable bonds is 8. The predicted molar refractivity (Wildman–Crippen MR) is 86.7 cm³/mol. The van der Waals surface area contributed by atoms with E-state index in [2.05, 4.69) is 35.2 Å². The molecule has 0 aromatic carbocycles. The Kier molecular flexibility index (Phi) is 6.46. The van der Waals surface area contributed by atoms with Gasteiger partial charge in [0.2, 0.25) is 0 Å². The Morgan fingerprint density at radius 2 is 2.33 bits per heavy atom. The van der Waals surface area contributed by atoms with E-state index in [0.29, 0.717) is 6.04 Å². The summed E-state index contributed by atoms with van der Waals surface area (Å²) in [5.74, 6) is 0.992. The first-order valence-electron chi connectivity index (χ1n) is 8.20. The molecule has 4 nitrogen and oxygen atoms in total. The summed E-state index contributed by atoms with van der Waals surface area (Å²) >= 11 is 0. The van der Waals surface area contributed by atoms with Gasteiger partial charge in [-0.15, -0.1) is 0 Å². The summed E-state index contributed by atoms with van der Waals surface area (Å²) in [5.41, 5.74) is 2.18. The summed E-state index contributed by atoms with van der Waals surface area (Å²) in [5, 5.41) is 3.42. The van der Waals surface area contributed by atoms with E-state index >= 15 is 0 Å². The molecule has 0 amide bonds. The average molecular weight is 291 g/mol. The summed E-state index contributed by atoms with van der Waals surface area (Å²) in [6.07, 6.45) is 6.82. The van der Waals surface area contributed by atoms with Gasteiger partial charge >= 0.3 is 0 Å². The number of nitrogens with one attached hydrogen (secondary N) is 1. The average Bonchev–Trinajstić information content (AvgIpc) is 2.87. The number of likely N-dealkylation sites (tertiary alicyclic amines) is 1. The maximum absolute atomic E-state index is 6.05. The van der Waals surface area contributed by atoms with Crippen molar-refractivity contribution >= 4 is 0 Å². The molecular weight excluding hydrogens is 262 g/mol. The SMILES string of the molecule is CCCNCc1cnc(C)cc1OCCC1CCCN1C. The fourth-order valence-electron chi connectivity index (χ4n) is 2.88. The summed E-state index contributed by atoms with van der Waals surface area (Å²) < 4.78 is 6.05. The molecule has 1 aliphatic rings. The van der Waals surface area contributed by atoms with Crippen LogP contribution in [0.15, 0.2) is 12.3 Å². The van der Waals surface area contributed by atoms with Crippen molar-refractivity contribution in [1.82, 2.24) is 15.2 Å². The smallest absolute Gasteiger partial charge is 0.127 e. The lowest BCUT2D eigenvalue weighted by molar-refractivity contribution is 0.231. The Morgan fingerprint density at radius 3 is 3.05 bits per heavy atom. The second-order valence-corrected chi connectivity index (χ2v) is 6.02. The minimum absolute atomic E-state index is 0.689. The first-order chi connectivity index (χ1) is 10.2. The van der Waals surface area contributed by atoms with Crippen LogP contribution in [0.2, 0.25) is 0 Å². The Labute approximate surface area is 128 Å². The lowest BCUT2D eigenvalue weighted by atomic mass is 10.1. The van der Waals surface area contributed by atoms with Gasteiger partial charge in [-0.05, 0) is 52.7 Å². The Morgan fingerprint density at radius 1 is 1.48 bits per heavy atom. The van der Waals surface area contributed by atoms with Crippen molar-refractivity contribution in [3.8, 4) is 5.75 Å². The van der Waals surface area contributed by atoms with Crippen molar-refractivity contribution in [2.75, 3.05) is 26.7 Å². The van der Waals surface area contributed by atoms with Gasteiger partial charge in [0.25, 0.3) is 0 Å². The number of pyridine rings is 1. The highest BCUT2D eigenvalue weighted by atomic mass is 16.5. The van der Waals surface area contributed by atoms with Gasteiger partial charge in [-0.2, -0.15) is 0 Å². The Balaban J connectivity index is 1.86. The number of aromatic nitrogens is 1. The van der Waals surface area contributed by atoms with Crippen LogP contribution in [-0.4, -0.2) is 42.7 Å². The van der Waals surface area contributed by atoms with E-state index < -0.39 is 0 Å². The molecule has 1 atom stereocenters. The predicted octanol–water partition coefficient (Wildman–Crippen LogP) is 2.75. The van der Waals surface area contributed by atoms with Gasteiger partial charge in [0.05, 0.1) is 6.61 Å². The molecule has 2 rings (SSSR count). The van der Waals surface area contributed by atoms with Gasteiger partial charge in [0.15, 0.2) is 0 Å². The Bertz CT molecular complexity index is 436. The third-order valence-electron chi connectivity index (χ3n) is 4.20. The van der Waals surface area contributed by atoms with Crippen LogP contribution >= 0.6 is 0 Å². The van der Waals surface area contributed by atoms with E-state index in [4.69, 9.17) is 4.74 Å². The molecular formula is C17H29N3O. The monoisotopic (exact) mass is 291 g/mol. The van der Waals surface area contributed by atoms with Crippen molar-refractivity contribution in [2.45, 2.75) is 52.1 Å². The third kappa shape index (κ3) is 4.97. The second-order valence-electron chi connectivity index (χ2n) is 6.02. The fourth-order valence-corrected chi connectivity index (χ4v) is 2.88. The Hall–Kier alpha value is -1.13. The van der Waals surface area contributed by atoms with E-state index in [1.807, 2.05) is 13.1 Å². The van der Waals surface area contributed by atoms with Crippen LogP contribution in [0.4, 0.5) is 0 Å². The number of hydrogen-bond acceptors (Lipinski definition) is 4. The van der Waals surface area contributed by atoms with Crippen LogP contribution in [0.1, 0.15) is 43.9 Å². The van der Waals surface area contributed by atoms with Gasteiger partial charge in [-0.1, -0.05) is 6.92 Å². The fraction of sp³-hybridized carbons (Fsp3) is 0.706. The highest BCUT2D eigenvalue weighted by molar-refractivity contribution is 5.32. The molecule has 0 aliphatic carbocycles. The van der Waals surface area contributed by atoms with Gasteiger partial charge in [-0.3, -0.25) is 4.98 Å². The topological polar surface area (TPSA) is 37.4 Å². The molecule has 1 unspecified atom stereocenters. The van der Waals surface area contributed by atoms with Crippen LogP contribution in [-0.2, 0) is 6.54 Å². The molecule has 0 bridgehead atoms. The normalized spacial score (nSPS) is 19.1. The molecule has 1 aromatic rings. The zero-order valence-corrected chi connectivity index (χ0v) is 13.7. The minimum atomic E-state index is 0.689. The maximum atomic E-state index is 6.05.